The molecule has 5 heteroatoms. The van der Waals surface area contributed by atoms with Gasteiger partial charge in [-0.05, 0) is 44.4 Å². The third-order valence-corrected chi connectivity index (χ3v) is 4.72. The summed E-state index contributed by atoms with van der Waals surface area (Å²) in [6, 6.07) is 0.0373. The van der Waals surface area contributed by atoms with Crippen LogP contribution in [0, 0.1) is 5.92 Å². The van der Waals surface area contributed by atoms with Gasteiger partial charge in [0.15, 0.2) is 0 Å². The minimum Gasteiger partial charge on any atom is -0.481 e. The van der Waals surface area contributed by atoms with Gasteiger partial charge in [-0.2, -0.15) is 0 Å². The van der Waals surface area contributed by atoms with E-state index in [-0.39, 0.29) is 23.9 Å². The lowest BCUT2D eigenvalue weighted by molar-refractivity contribution is -0.138. The summed E-state index contributed by atoms with van der Waals surface area (Å²) in [5, 5.41) is 11.9. The fourth-order valence-corrected chi connectivity index (χ4v) is 3.06. The van der Waals surface area contributed by atoms with E-state index in [0.717, 1.165) is 32.1 Å². The molecule has 0 unspecified atom stereocenters. The molecule has 1 aliphatic heterocycles. The van der Waals surface area contributed by atoms with Crippen molar-refractivity contribution in [3.05, 3.63) is 0 Å². The standard InChI is InChI=1S/C14H24N2O3/c1-2-14(6-3-7-14)15-13(19)16-8-4-11(5-9-16)10-12(17)18/h11H,2-10H2,1H3,(H,15,19)(H,17,18). The number of carboxylic acid groups (broad SMARTS) is 1. The van der Waals surface area contributed by atoms with Crippen molar-refractivity contribution in [2.75, 3.05) is 13.1 Å². The zero-order chi connectivity index (χ0) is 13.9. The van der Waals surface area contributed by atoms with Gasteiger partial charge in [0.2, 0.25) is 0 Å². The van der Waals surface area contributed by atoms with Crippen LogP contribution in [0.25, 0.3) is 0 Å². The second-order valence-electron chi connectivity index (χ2n) is 5.95. The van der Waals surface area contributed by atoms with Crippen LogP contribution in [0.5, 0.6) is 0 Å². The van der Waals surface area contributed by atoms with Crippen LogP contribution in [0.3, 0.4) is 0 Å². The lowest BCUT2D eigenvalue weighted by Gasteiger charge is -2.44. The van der Waals surface area contributed by atoms with Crippen LogP contribution in [0.4, 0.5) is 4.79 Å². The molecule has 108 valence electrons. The van der Waals surface area contributed by atoms with Gasteiger partial charge >= 0.3 is 12.0 Å². The molecule has 2 amide bonds. The molecule has 19 heavy (non-hydrogen) atoms. The molecular formula is C14H24N2O3. The molecule has 2 fully saturated rings. The van der Waals surface area contributed by atoms with Crippen LogP contribution in [0.2, 0.25) is 0 Å². The summed E-state index contributed by atoms with van der Waals surface area (Å²) in [6.45, 7) is 3.49. The van der Waals surface area contributed by atoms with Gasteiger partial charge in [0.05, 0.1) is 0 Å². The predicted molar refractivity (Wildman–Crippen MR) is 72.0 cm³/mol. The molecule has 0 aromatic heterocycles. The molecule has 1 aliphatic carbocycles. The molecule has 0 atom stereocenters. The maximum absolute atomic E-state index is 12.2. The summed E-state index contributed by atoms with van der Waals surface area (Å²) < 4.78 is 0. The van der Waals surface area contributed by atoms with Crippen molar-refractivity contribution in [3.63, 3.8) is 0 Å². The van der Waals surface area contributed by atoms with E-state index in [1.807, 2.05) is 4.90 Å². The Balaban J connectivity index is 1.77. The number of aliphatic carboxylic acids is 1. The molecule has 0 aromatic rings. The predicted octanol–water partition coefficient (Wildman–Crippen LogP) is 2.22. The van der Waals surface area contributed by atoms with Crippen LogP contribution in [0.1, 0.15) is 51.9 Å². The van der Waals surface area contributed by atoms with E-state index < -0.39 is 5.97 Å². The van der Waals surface area contributed by atoms with Crippen molar-refractivity contribution in [2.24, 2.45) is 5.92 Å². The maximum atomic E-state index is 12.2. The fourth-order valence-electron chi connectivity index (χ4n) is 3.06. The zero-order valence-electron chi connectivity index (χ0n) is 11.7. The number of likely N-dealkylation sites (tertiary alicyclic amines) is 1. The Morgan fingerprint density at radius 1 is 1.32 bits per heavy atom. The third kappa shape index (κ3) is 3.39. The smallest absolute Gasteiger partial charge is 0.317 e. The molecule has 2 N–H and O–H groups in total. The SMILES string of the molecule is CCC1(NC(=O)N2CCC(CC(=O)O)CC2)CCC1. The molecule has 0 spiro atoms. The lowest BCUT2D eigenvalue weighted by Crippen LogP contribution is -2.57. The van der Waals surface area contributed by atoms with Crippen molar-refractivity contribution in [2.45, 2.75) is 57.4 Å². The van der Waals surface area contributed by atoms with E-state index >= 15 is 0 Å². The largest absolute Gasteiger partial charge is 0.481 e. The molecule has 1 heterocycles. The van der Waals surface area contributed by atoms with Gasteiger partial charge in [-0.3, -0.25) is 4.79 Å². The van der Waals surface area contributed by atoms with Crippen molar-refractivity contribution >= 4 is 12.0 Å². The topological polar surface area (TPSA) is 69.6 Å². The first-order chi connectivity index (χ1) is 9.04. The average molecular weight is 268 g/mol. The van der Waals surface area contributed by atoms with E-state index in [4.69, 9.17) is 5.11 Å². The first kappa shape index (κ1) is 14.2. The number of nitrogens with zero attached hydrogens (tertiary/aromatic N) is 1. The van der Waals surface area contributed by atoms with Gasteiger partial charge in [0.1, 0.15) is 0 Å². The summed E-state index contributed by atoms with van der Waals surface area (Å²) in [5.74, 6) is -0.507. The quantitative estimate of drug-likeness (QED) is 0.821. The van der Waals surface area contributed by atoms with Gasteiger partial charge in [-0.15, -0.1) is 0 Å². The van der Waals surface area contributed by atoms with E-state index in [2.05, 4.69) is 12.2 Å². The molecular weight excluding hydrogens is 244 g/mol. The van der Waals surface area contributed by atoms with Crippen molar-refractivity contribution in [1.29, 1.82) is 0 Å². The fraction of sp³-hybridized carbons (Fsp3) is 0.857. The number of carboxylic acids is 1. The Bertz CT molecular complexity index is 339. The van der Waals surface area contributed by atoms with Gasteiger partial charge in [-0.25, -0.2) is 4.79 Å². The minimum atomic E-state index is -0.734. The summed E-state index contributed by atoms with van der Waals surface area (Å²) in [6.07, 6.45) is 6.21. The van der Waals surface area contributed by atoms with E-state index in [0.29, 0.717) is 13.1 Å². The second-order valence-corrected chi connectivity index (χ2v) is 5.95. The number of piperidine rings is 1. The average Bonchev–Trinajstić information content (AvgIpc) is 2.34. The Labute approximate surface area is 114 Å². The highest BCUT2D eigenvalue weighted by Gasteiger charge is 2.38. The Morgan fingerprint density at radius 2 is 1.95 bits per heavy atom. The number of urea groups is 1. The zero-order valence-corrected chi connectivity index (χ0v) is 11.7. The number of amides is 2. The Morgan fingerprint density at radius 3 is 2.37 bits per heavy atom. The normalized spacial score (nSPS) is 22.7. The van der Waals surface area contributed by atoms with Crippen LogP contribution >= 0.6 is 0 Å². The summed E-state index contributed by atoms with van der Waals surface area (Å²) >= 11 is 0. The molecule has 1 saturated heterocycles. The van der Waals surface area contributed by atoms with Gasteiger partial charge in [-0.1, -0.05) is 6.92 Å². The molecule has 2 aliphatic rings. The van der Waals surface area contributed by atoms with Crippen LogP contribution in [-0.2, 0) is 4.79 Å². The number of rotatable bonds is 4. The van der Waals surface area contributed by atoms with Crippen LogP contribution in [-0.4, -0.2) is 40.6 Å². The first-order valence-electron chi connectivity index (χ1n) is 7.33. The Hall–Kier alpha value is -1.26. The van der Waals surface area contributed by atoms with E-state index in [1.165, 1.54) is 6.42 Å². The number of hydrogen-bond acceptors (Lipinski definition) is 2. The summed E-state index contributed by atoms with van der Waals surface area (Å²) in [7, 11) is 0. The minimum absolute atomic E-state index is 0.0367. The van der Waals surface area contributed by atoms with Gasteiger partial charge in [0, 0.05) is 25.0 Å². The highest BCUT2D eigenvalue weighted by atomic mass is 16.4. The Kier molecular flexibility index (Phi) is 4.32. The summed E-state index contributed by atoms with van der Waals surface area (Å²) in [4.78, 5) is 24.7. The molecule has 1 saturated carbocycles. The van der Waals surface area contributed by atoms with Crippen LogP contribution in [0.15, 0.2) is 0 Å². The molecule has 0 bridgehead atoms. The molecule has 5 nitrogen and oxygen atoms in total. The van der Waals surface area contributed by atoms with Crippen molar-refractivity contribution < 1.29 is 14.7 Å². The van der Waals surface area contributed by atoms with Crippen molar-refractivity contribution in [1.82, 2.24) is 10.2 Å². The molecule has 2 rings (SSSR count). The number of carbonyl (C=O) groups is 2. The number of hydrogen-bond donors (Lipinski definition) is 2. The van der Waals surface area contributed by atoms with Gasteiger partial charge < -0.3 is 15.3 Å². The first-order valence-corrected chi connectivity index (χ1v) is 7.33. The number of carbonyl (C=O) groups excluding carboxylic acids is 1. The molecule has 0 aromatic carbocycles. The monoisotopic (exact) mass is 268 g/mol. The molecule has 0 radical (unpaired) electrons. The number of nitrogens with one attached hydrogen (secondary N) is 1. The lowest BCUT2D eigenvalue weighted by atomic mass is 9.75. The van der Waals surface area contributed by atoms with Crippen molar-refractivity contribution in [3.8, 4) is 0 Å². The summed E-state index contributed by atoms with van der Waals surface area (Å²) in [5.41, 5.74) is 0.0367. The maximum Gasteiger partial charge on any atom is 0.317 e. The van der Waals surface area contributed by atoms with Crippen LogP contribution < -0.4 is 5.32 Å². The van der Waals surface area contributed by atoms with E-state index in [9.17, 15) is 9.59 Å². The second kappa shape index (κ2) is 5.80. The van der Waals surface area contributed by atoms with Gasteiger partial charge in [0.25, 0.3) is 0 Å². The highest BCUT2D eigenvalue weighted by molar-refractivity contribution is 5.75. The van der Waals surface area contributed by atoms with E-state index in [1.54, 1.807) is 0 Å². The third-order valence-electron chi connectivity index (χ3n) is 4.72. The highest BCUT2D eigenvalue weighted by Crippen LogP contribution is 2.35.